The maximum absolute atomic E-state index is 12.3. The molecule has 0 aliphatic carbocycles. The molecule has 0 saturated heterocycles. The first-order valence-electron chi connectivity index (χ1n) is 6.82. The molecule has 3 rings (SSSR count). The number of nitrogens with zero attached hydrogens (tertiary/aromatic N) is 1. The Kier molecular flexibility index (Phi) is 5.58. The summed E-state index contributed by atoms with van der Waals surface area (Å²) in [4.78, 5) is 15.8. The first kappa shape index (κ1) is 17.0. The van der Waals surface area contributed by atoms with E-state index in [9.17, 15) is 4.79 Å². The molecule has 2 N–H and O–H groups in total. The van der Waals surface area contributed by atoms with Crippen LogP contribution < -0.4 is 0 Å². The lowest BCUT2D eigenvalue weighted by Crippen LogP contribution is -2.38. The fourth-order valence-electron chi connectivity index (χ4n) is 2.77. The standard InChI is InChI=1S/C16H16ClNO2S.H2O/c1-20-16(19)15(12-4-2-3-5-13(12)17)18-8-6-14-11(10-18)7-9-21-14;/h2-5,7,9,15H,6,8,10H2,1H3;1H2/t15-;/m0./s1. The van der Waals surface area contributed by atoms with Gasteiger partial charge in [0.1, 0.15) is 6.04 Å². The number of halogens is 1. The molecule has 0 radical (unpaired) electrons. The summed E-state index contributed by atoms with van der Waals surface area (Å²) in [6, 6.07) is 9.16. The summed E-state index contributed by atoms with van der Waals surface area (Å²) >= 11 is 8.07. The van der Waals surface area contributed by atoms with Crippen LogP contribution in [-0.4, -0.2) is 30.0 Å². The number of fused-ring (bicyclic) bond motifs is 1. The maximum atomic E-state index is 12.3. The second kappa shape index (κ2) is 7.24. The first-order valence-corrected chi connectivity index (χ1v) is 8.08. The molecule has 6 heteroatoms. The monoisotopic (exact) mass is 339 g/mol. The number of carbonyl (C=O) groups excluding carboxylic acids is 1. The number of thiophene rings is 1. The number of methoxy groups -OCH3 is 1. The molecule has 1 aliphatic rings. The van der Waals surface area contributed by atoms with Gasteiger partial charge in [0.05, 0.1) is 7.11 Å². The highest BCUT2D eigenvalue weighted by Gasteiger charge is 2.32. The number of ether oxygens (including phenoxy) is 1. The van der Waals surface area contributed by atoms with E-state index >= 15 is 0 Å². The molecule has 0 fully saturated rings. The van der Waals surface area contributed by atoms with Gasteiger partial charge in [-0.15, -0.1) is 11.3 Å². The average molecular weight is 340 g/mol. The Morgan fingerprint density at radius 3 is 2.86 bits per heavy atom. The largest absolute Gasteiger partial charge is 0.468 e. The van der Waals surface area contributed by atoms with E-state index in [1.165, 1.54) is 17.6 Å². The summed E-state index contributed by atoms with van der Waals surface area (Å²) in [6.07, 6.45) is 0.963. The van der Waals surface area contributed by atoms with E-state index < -0.39 is 6.04 Å². The van der Waals surface area contributed by atoms with Crippen molar-refractivity contribution < 1.29 is 15.0 Å². The van der Waals surface area contributed by atoms with E-state index in [0.717, 1.165) is 25.1 Å². The fraction of sp³-hybridized carbons (Fsp3) is 0.312. The van der Waals surface area contributed by atoms with Gasteiger partial charge in [0.15, 0.2) is 0 Å². The Labute approximate surface area is 138 Å². The van der Waals surface area contributed by atoms with Gasteiger partial charge >= 0.3 is 5.97 Å². The minimum absolute atomic E-state index is 0. The van der Waals surface area contributed by atoms with E-state index in [1.807, 2.05) is 24.3 Å². The molecule has 1 aliphatic heterocycles. The summed E-state index contributed by atoms with van der Waals surface area (Å²) in [5.41, 5.74) is 2.11. The van der Waals surface area contributed by atoms with E-state index in [4.69, 9.17) is 16.3 Å². The number of rotatable bonds is 3. The van der Waals surface area contributed by atoms with Crippen LogP contribution in [0.4, 0.5) is 0 Å². The molecule has 0 saturated carbocycles. The molecule has 22 heavy (non-hydrogen) atoms. The molecule has 0 amide bonds. The van der Waals surface area contributed by atoms with Gasteiger partial charge in [-0.05, 0) is 35.1 Å². The number of hydrogen-bond acceptors (Lipinski definition) is 4. The van der Waals surface area contributed by atoms with Crippen molar-refractivity contribution in [3.8, 4) is 0 Å². The van der Waals surface area contributed by atoms with Crippen LogP contribution >= 0.6 is 22.9 Å². The van der Waals surface area contributed by atoms with Crippen LogP contribution in [0.1, 0.15) is 22.0 Å². The molecule has 1 aromatic carbocycles. The molecule has 2 aromatic rings. The van der Waals surface area contributed by atoms with Crippen LogP contribution in [0.5, 0.6) is 0 Å². The SMILES string of the molecule is COC(=O)[C@H](c1ccccc1Cl)N1CCc2sccc2C1.O. The molecule has 4 nitrogen and oxygen atoms in total. The second-order valence-electron chi connectivity index (χ2n) is 5.04. The smallest absolute Gasteiger partial charge is 0.327 e. The first-order chi connectivity index (χ1) is 10.2. The third-order valence-corrected chi connectivity index (χ3v) is 5.19. The van der Waals surface area contributed by atoms with Crippen molar-refractivity contribution in [3.63, 3.8) is 0 Å². The lowest BCUT2D eigenvalue weighted by molar-refractivity contribution is -0.147. The minimum Gasteiger partial charge on any atom is -0.468 e. The number of benzene rings is 1. The topological polar surface area (TPSA) is 61.0 Å². The molecule has 0 unspecified atom stereocenters. The van der Waals surface area contributed by atoms with Crippen molar-refractivity contribution in [2.24, 2.45) is 0 Å². The van der Waals surface area contributed by atoms with E-state index in [1.54, 1.807) is 11.3 Å². The molecule has 2 heterocycles. The highest BCUT2D eigenvalue weighted by atomic mass is 35.5. The zero-order chi connectivity index (χ0) is 14.8. The third-order valence-electron chi connectivity index (χ3n) is 3.83. The van der Waals surface area contributed by atoms with Crippen molar-refractivity contribution in [3.05, 3.63) is 56.7 Å². The van der Waals surface area contributed by atoms with Gasteiger partial charge < -0.3 is 10.2 Å². The van der Waals surface area contributed by atoms with E-state index in [-0.39, 0.29) is 11.4 Å². The highest BCUT2D eigenvalue weighted by molar-refractivity contribution is 7.10. The maximum Gasteiger partial charge on any atom is 0.327 e. The molecule has 1 atom stereocenters. The molecular weight excluding hydrogens is 322 g/mol. The average Bonchev–Trinajstić information content (AvgIpc) is 2.97. The van der Waals surface area contributed by atoms with Gasteiger partial charge in [-0.1, -0.05) is 29.8 Å². The molecular formula is C16H18ClNO3S. The summed E-state index contributed by atoms with van der Waals surface area (Å²) in [5.74, 6) is -0.262. The summed E-state index contributed by atoms with van der Waals surface area (Å²) in [5, 5.41) is 2.71. The van der Waals surface area contributed by atoms with Crippen LogP contribution in [-0.2, 0) is 22.5 Å². The summed E-state index contributed by atoms with van der Waals surface area (Å²) < 4.78 is 5.01. The normalized spacial score (nSPS) is 15.5. The van der Waals surface area contributed by atoms with Gasteiger partial charge in [-0.3, -0.25) is 4.90 Å². The Balaban J connectivity index is 0.00000176. The Bertz CT molecular complexity index is 658. The summed E-state index contributed by atoms with van der Waals surface area (Å²) in [7, 11) is 1.42. The summed E-state index contributed by atoms with van der Waals surface area (Å²) in [6.45, 7) is 1.59. The predicted octanol–water partition coefficient (Wildman–Crippen LogP) is 2.85. The highest BCUT2D eigenvalue weighted by Crippen LogP contribution is 2.33. The molecule has 118 valence electrons. The van der Waals surface area contributed by atoms with E-state index in [2.05, 4.69) is 16.3 Å². The second-order valence-corrected chi connectivity index (χ2v) is 6.44. The van der Waals surface area contributed by atoms with Crippen LogP contribution in [0.2, 0.25) is 5.02 Å². The minimum atomic E-state index is -0.447. The van der Waals surface area contributed by atoms with Gasteiger partial charge in [0.25, 0.3) is 0 Å². The number of hydrogen-bond donors (Lipinski definition) is 0. The quantitative estimate of drug-likeness (QED) is 0.808. The van der Waals surface area contributed by atoms with Crippen molar-refractivity contribution in [1.29, 1.82) is 0 Å². The third kappa shape index (κ3) is 3.17. The van der Waals surface area contributed by atoms with Gasteiger partial charge in [0.2, 0.25) is 0 Å². The predicted molar refractivity (Wildman–Crippen MR) is 88.3 cm³/mol. The van der Waals surface area contributed by atoms with Crippen LogP contribution in [0.15, 0.2) is 35.7 Å². The van der Waals surface area contributed by atoms with Gasteiger partial charge in [-0.2, -0.15) is 0 Å². The number of esters is 1. The molecule has 0 spiro atoms. The van der Waals surface area contributed by atoms with Crippen LogP contribution in [0.3, 0.4) is 0 Å². The van der Waals surface area contributed by atoms with Crippen LogP contribution in [0, 0.1) is 0 Å². The van der Waals surface area contributed by atoms with Gasteiger partial charge in [0, 0.05) is 23.0 Å². The lowest BCUT2D eigenvalue weighted by atomic mass is 10.0. The van der Waals surface area contributed by atoms with E-state index in [0.29, 0.717) is 5.02 Å². The lowest BCUT2D eigenvalue weighted by Gasteiger charge is -2.33. The van der Waals surface area contributed by atoms with Gasteiger partial charge in [-0.25, -0.2) is 4.79 Å². The zero-order valence-electron chi connectivity index (χ0n) is 12.2. The molecule has 1 aromatic heterocycles. The Morgan fingerprint density at radius 2 is 2.14 bits per heavy atom. The van der Waals surface area contributed by atoms with Crippen molar-refractivity contribution in [2.45, 2.75) is 19.0 Å². The van der Waals surface area contributed by atoms with Crippen molar-refractivity contribution in [2.75, 3.05) is 13.7 Å². The Morgan fingerprint density at radius 1 is 1.36 bits per heavy atom. The Hall–Kier alpha value is -1.40. The van der Waals surface area contributed by atoms with Crippen molar-refractivity contribution >= 4 is 28.9 Å². The van der Waals surface area contributed by atoms with Crippen LogP contribution in [0.25, 0.3) is 0 Å². The van der Waals surface area contributed by atoms with Crippen molar-refractivity contribution in [1.82, 2.24) is 4.90 Å². The fourth-order valence-corrected chi connectivity index (χ4v) is 3.90. The molecule has 0 bridgehead atoms. The zero-order valence-corrected chi connectivity index (χ0v) is 13.8. The number of carbonyl (C=O) groups is 1.